The molecule has 2 rings (SSSR count). The Morgan fingerprint density at radius 3 is 2.25 bits per heavy atom. The zero-order valence-electron chi connectivity index (χ0n) is 13.9. The fourth-order valence-electron chi connectivity index (χ4n) is 3.48. The highest BCUT2D eigenvalue weighted by Gasteiger charge is 2.36. The lowest BCUT2D eigenvalue weighted by atomic mass is 9.92. The molecule has 0 aromatic heterocycles. The maximum atomic E-state index is 9.77. The number of aliphatic hydroxyl groups is 1. The van der Waals surface area contributed by atoms with E-state index >= 15 is 0 Å². The molecule has 0 amide bonds. The van der Waals surface area contributed by atoms with Gasteiger partial charge in [-0.15, -0.1) is 0 Å². The molecule has 0 radical (unpaired) electrons. The summed E-state index contributed by atoms with van der Waals surface area (Å²) in [5, 5.41) is 13.4. The zero-order chi connectivity index (χ0) is 14.9. The van der Waals surface area contributed by atoms with Crippen LogP contribution in [0, 0.1) is 0 Å². The lowest BCUT2D eigenvalue weighted by Crippen LogP contribution is -2.59. The van der Waals surface area contributed by atoms with Crippen LogP contribution in [0.5, 0.6) is 0 Å². The Morgan fingerprint density at radius 2 is 1.80 bits per heavy atom. The van der Waals surface area contributed by atoms with Crippen LogP contribution in [0.1, 0.15) is 47.0 Å². The first-order valence-corrected chi connectivity index (χ1v) is 8.19. The summed E-state index contributed by atoms with van der Waals surface area (Å²) in [6, 6.07) is 2.37. The van der Waals surface area contributed by atoms with Gasteiger partial charge in [0.1, 0.15) is 0 Å². The highest BCUT2D eigenvalue weighted by Crippen LogP contribution is 2.26. The molecule has 1 aliphatic carbocycles. The third-order valence-corrected chi connectivity index (χ3v) is 5.24. The summed E-state index contributed by atoms with van der Waals surface area (Å²) in [7, 11) is 2.23. The van der Waals surface area contributed by atoms with Gasteiger partial charge in [0, 0.05) is 42.8 Å². The van der Waals surface area contributed by atoms with E-state index in [1.807, 2.05) is 0 Å². The number of piperazine rings is 1. The van der Waals surface area contributed by atoms with E-state index in [1.165, 1.54) is 12.8 Å². The van der Waals surface area contributed by atoms with Gasteiger partial charge in [0.2, 0.25) is 0 Å². The van der Waals surface area contributed by atoms with Crippen LogP contribution in [0.15, 0.2) is 0 Å². The van der Waals surface area contributed by atoms with E-state index in [-0.39, 0.29) is 12.1 Å². The average molecular weight is 283 g/mol. The van der Waals surface area contributed by atoms with Crippen LogP contribution < -0.4 is 5.32 Å². The van der Waals surface area contributed by atoms with Crippen molar-refractivity contribution in [1.82, 2.24) is 15.1 Å². The summed E-state index contributed by atoms with van der Waals surface area (Å²) in [6.45, 7) is 11.6. The van der Waals surface area contributed by atoms with Crippen molar-refractivity contribution in [2.75, 3.05) is 26.7 Å². The first-order valence-electron chi connectivity index (χ1n) is 8.19. The van der Waals surface area contributed by atoms with Crippen LogP contribution in [0.25, 0.3) is 0 Å². The van der Waals surface area contributed by atoms with E-state index in [4.69, 9.17) is 0 Å². The van der Waals surface area contributed by atoms with E-state index in [1.54, 1.807) is 0 Å². The number of hydrogen-bond donors (Lipinski definition) is 2. The number of likely N-dealkylation sites (N-methyl/N-ethyl adjacent to an activating group) is 1. The number of rotatable bonds is 6. The minimum Gasteiger partial charge on any atom is -0.394 e. The van der Waals surface area contributed by atoms with E-state index in [0.717, 1.165) is 19.5 Å². The summed E-state index contributed by atoms with van der Waals surface area (Å²) in [4.78, 5) is 5.06. The van der Waals surface area contributed by atoms with Crippen molar-refractivity contribution in [1.29, 1.82) is 0 Å². The van der Waals surface area contributed by atoms with Gasteiger partial charge in [0.25, 0.3) is 0 Å². The van der Waals surface area contributed by atoms with E-state index < -0.39 is 0 Å². The highest BCUT2D eigenvalue weighted by atomic mass is 16.3. The predicted molar refractivity (Wildman–Crippen MR) is 84.0 cm³/mol. The van der Waals surface area contributed by atoms with Crippen LogP contribution in [-0.4, -0.2) is 71.4 Å². The monoisotopic (exact) mass is 283 g/mol. The number of aliphatic hydroxyl groups excluding tert-OH is 1. The topological polar surface area (TPSA) is 38.7 Å². The Hall–Kier alpha value is -0.160. The molecule has 2 aliphatic rings. The molecular formula is C16H33N3O. The molecule has 118 valence electrons. The highest BCUT2D eigenvalue weighted by molar-refractivity contribution is 4.95. The molecule has 0 aromatic rings. The Morgan fingerprint density at radius 1 is 1.25 bits per heavy atom. The van der Waals surface area contributed by atoms with Gasteiger partial charge in [-0.1, -0.05) is 0 Å². The van der Waals surface area contributed by atoms with Crippen molar-refractivity contribution < 1.29 is 5.11 Å². The van der Waals surface area contributed by atoms with Gasteiger partial charge < -0.3 is 10.4 Å². The lowest BCUT2D eigenvalue weighted by Gasteiger charge is -2.46. The van der Waals surface area contributed by atoms with Gasteiger partial charge in [0.15, 0.2) is 0 Å². The fourth-order valence-corrected chi connectivity index (χ4v) is 3.48. The van der Waals surface area contributed by atoms with Crippen molar-refractivity contribution in [2.45, 2.75) is 76.7 Å². The molecule has 2 N–H and O–H groups in total. The van der Waals surface area contributed by atoms with Gasteiger partial charge in [-0.3, -0.25) is 9.80 Å². The van der Waals surface area contributed by atoms with Crippen LogP contribution in [0.3, 0.4) is 0 Å². The van der Waals surface area contributed by atoms with Crippen LogP contribution in [0.2, 0.25) is 0 Å². The van der Waals surface area contributed by atoms with Crippen molar-refractivity contribution in [2.24, 2.45) is 0 Å². The molecular weight excluding hydrogens is 250 g/mol. The molecule has 0 spiro atoms. The molecule has 4 heteroatoms. The Bertz CT molecular complexity index is 309. The third kappa shape index (κ3) is 3.94. The quantitative estimate of drug-likeness (QED) is 0.770. The predicted octanol–water partition coefficient (Wildman–Crippen LogP) is 1.29. The van der Waals surface area contributed by atoms with Gasteiger partial charge in [-0.25, -0.2) is 0 Å². The second-order valence-corrected chi connectivity index (χ2v) is 7.51. The van der Waals surface area contributed by atoms with E-state index in [0.29, 0.717) is 24.2 Å². The average Bonchev–Trinajstić information content (AvgIpc) is 3.18. The molecule has 1 saturated carbocycles. The minimum absolute atomic E-state index is 0.129. The minimum atomic E-state index is -0.129. The van der Waals surface area contributed by atoms with Gasteiger partial charge in [-0.2, -0.15) is 0 Å². The van der Waals surface area contributed by atoms with Gasteiger partial charge in [0.05, 0.1) is 6.61 Å². The lowest BCUT2D eigenvalue weighted by molar-refractivity contribution is 0.0232. The van der Waals surface area contributed by atoms with Gasteiger partial charge >= 0.3 is 0 Å². The van der Waals surface area contributed by atoms with Crippen molar-refractivity contribution in [3.63, 3.8) is 0 Å². The van der Waals surface area contributed by atoms with Crippen molar-refractivity contribution in [3.8, 4) is 0 Å². The maximum Gasteiger partial charge on any atom is 0.0611 e. The van der Waals surface area contributed by atoms with E-state index in [2.05, 4.69) is 49.9 Å². The summed E-state index contributed by atoms with van der Waals surface area (Å²) < 4.78 is 0. The van der Waals surface area contributed by atoms with Gasteiger partial charge in [-0.05, 0) is 54.0 Å². The third-order valence-electron chi connectivity index (χ3n) is 5.24. The summed E-state index contributed by atoms with van der Waals surface area (Å²) in [5.74, 6) is 0. The maximum absolute atomic E-state index is 9.77. The zero-order valence-corrected chi connectivity index (χ0v) is 13.9. The Labute approximate surface area is 124 Å². The van der Waals surface area contributed by atoms with Crippen molar-refractivity contribution in [3.05, 3.63) is 0 Å². The molecule has 2 fully saturated rings. The molecule has 1 heterocycles. The summed E-state index contributed by atoms with van der Waals surface area (Å²) in [6.07, 6.45) is 3.56. The van der Waals surface area contributed by atoms with Crippen molar-refractivity contribution >= 4 is 0 Å². The Balaban J connectivity index is 1.91. The Kier molecular flexibility index (Phi) is 5.11. The molecule has 1 saturated heterocycles. The molecule has 0 bridgehead atoms. The fraction of sp³-hybridized carbons (Fsp3) is 1.00. The summed E-state index contributed by atoms with van der Waals surface area (Å²) >= 11 is 0. The van der Waals surface area contributed by atoms with Crippen LogP contribution in [-0.2, 0) is 0 Å². The number of hydrogen-bond acceptors (Lipinski definition) is 4. The molecule has 1 aliphatic heterocycles. The molecule has 20 heavy (non-hydrogen) atoms. The van der Waals surface area contributed by atoms with E-state index in [9.17, 15) is 5.11 Å². The first kappa shape index (κ1) is 16.2. The molecule has 4 unspecified atom stereocenters. The summed E-state index contributed by atoms with van der Waals surface area (Å²) in [5.41, 5.74) is -0.129. The SMILES string of the molecule is CC(CC(C)(CO)NC1CC1)N1CC(C)N(C)C(C)C1. The molecule has 0 aromatic carbocycles. The number of nitrogens with zero attached hydrogens (tertiary/aromatic N) is 2. The molecule has 4 nitrogen and oxygen atoms in total. The second kappa shape index (κ2) is 6.30. The normalized spacial score (nSPS) is 33.9. The van der Waals surface area contributed by atoms with Crippen LogP contribution >= 0.6 is 0 Å². The second-order valence-electron chi connectivity index (χ2n) is 7.51. The first-order chi connectivity index (χ1) is 9.34. The van der Waals surface area contributed by atoms with Crippen LogP contribution in [0.4, 0.5) is 0 Å². The standard InChI is InChI=1S/C16H33N3O/c1-12(8-16(4,11-20)17-15-6-7-15)19-9-13(2)18(5)14(3)10-19/h12-15,17,20H,6-11H2,1-5H3. The smallest absolute Gasteiger partial charge is 0.0611 e. The largest absolute Gasteiger partial charge is 0.394 e. The molecule has 4 atom stereocenters. The number of nitrogens with one attached hydrogen (secondary N) is 1.